The summed E-state index contributed by atoms with van der Waals surface area (Å²) in [5, 5.41) is 19.1. The lowest BCUT2D eigenvalue weighted by molar-refractivity contribution is -0.140. The highest BCUT2D eigenvalue weighted by Gasteiger charge is 2.17. The molecule has 0 aliphatic carbocycles. The zero-order chi connectivity index (χ0) is 14.4. The first kappa shape index (κ1) is 14.9. The molecule has 19 heavy (non-hydrogen) atoms. The van der Waals surface area contributed by atoms with Gasteiger partial charge in [0.05, 0.1) is 5.92 Å². The largest absolute Gasteiger partial charge is 0.481 e. The normalized spacial score (nSPS) is 11.7. The highest BCUT2D eigenvalue weighted by Crippen LogP contribution is 2.12. The molecule has 1 aromatic rings. The molecule has 0 fully saturated rings. The van der Waals surface area contributed by atoms with Crippen molar-refractivity contribution in [3.05, 3.63) is 17.8 Å². The number of rotatable bonds is 6. The van der Waals surface area contributed by atoms with E-state index >= 15 is 0 Å². The quantitative estimate of drug-likeness (QED) is 0.773. The minimum Gasteiger partial charge on any atom is -0.481 e. The molecule has 1 heterocycles. The van der Waals surface area contributed by atoms with E-state index in [1.807, 2.05) is 6.92 Å². The smallest absolute Gasteiger partial charge is 0.308 e. The summed E-state index contributed by atoms with van der Waals surface area (Å²) in [5.74, 6) is -1.10. The second-order valence-electron chi connectivity index (χ2n) is 4.13. The van der Waals surface area contributed by atoms with Gasteiger partial charge in [-0.15, -0.1) is 10.2 Å². The molecule has 0 aliphatic heterocycles. The predicted octanol–water partition coefficient (Wildman–Crippen LogP) is 0.383. The number of aliphatic carboxylic acids is 1. The first-order valence-electron chi connectivity index (χ1n) is 6.03. The van der Waals surface area contributed by atoms with Gasteiger partial charge in [0.2, 0.25) is 0 Å². The maximum Gasteiger partial charge on any atom is 0.308 e. The zero-order valence-electron chi connectivity index (χ0n) is 11.3. The van der Waals surface area contributed by atoms with E-state index in [1.165, 1.54) is 7.05 Å². The molecule has 104 valence electrons. The molecular formula is C12H18N4O3. The van der Waals surface area contributed by atoms with E-state index in [0.29, 0.717) is 18.9 Å². The lowest BCUT2D eigenvalue weighted by Crippen LogP contribution is -2.32. The number of carboxylic acid groups (broad SMARTS) is 1. The maximum absolute atomic E-state index is 11.3. The highest BCUT2D eigenvalue weighted by molar-refractivity contribution is 5.91. The molecule has 1 unspecified atom stereocenters. The summed E-state index contributed by atoms with van der Waals surface area (Å²) in [6, 6.07) is 3.23. The number of carbonyl (C=O) groups is 2. The second kappa shape index (κ2) is 6.67. The molecule has 2 N–H and O–H groups in total. The Morgan fingerprint density at radius 2 is 2.11 bits per heavy atom. The van der Waals surface area contributed by atoms with Crippen molar-refractivity contribution in [3.8, 4) is 0 Å². The molecule has 0 radical (unpaired) electrons. The van der Waals surface area contributed by atoms with Gasteiger partial charge in [-0.05, 0) is 19.1 Å². The topological polar surface area (TPSA) is 95.4 Å². The number of hydrogen-bond acceptors (Lipinski definition) is 5. The average Bonchev–Trinajstić information content (AvgIpc) is 2.43. The van der Waals surface area contributed by atoms with Crippen LogP contribution in [0.2, 0.25) is 0 Å². The van der Waals surface area contributed by atoms with E-state index in [2.05, 4.69) is 15.5 Å². The van der Waals surface area contributed by atoms with Gasteiger partial charge < -0.3 is 15.3 Å². The van der Waals surface area contributed by atoms with Crippen LogP contribution in [0.3, 0.4) is 0 Å². The van der Waals surface area contributed by atoms with Gasteiger partial charge in [-0.25, -0.2) is 0 Å². The van der Waals surface area contributed by atoms with Gasteiger partial charge in [-0.2, -0.15) is 0 Å². The fraction of sp³-hybridized carbons (Fsp3) is 0.500. The van der Waals surface area contributed by atoms with Gasteiger partial charge in [-0.3, -0.25) is 9.59 Å². The van der Waals surface area contributed by atoms with Crippen molar-refractivity contribution in [3.63, 3.8) is 0 Å². The van der Waals surface area contributed by atoms with Crippen LogP contribution in [-0.4, -0.2) is 47.3 Å². The summed E-state index contributed by atoms with van der Waals surface area (Å²) >= 11 is 0. The first-order valence-corrected chi connectivity index (χ1v) is 6.03. The fourth-order valence-electron chi connectivity index (χ4n) is 1.54. The van der Waals surface area contributed by atoms with Crippen molar-refractivity contribution >= 4 is 17.7 Å². The number of carbonyl (C=O) groups excluding carboxylic acids is 1. The molecule has 0 aromatic carbocycles. The molecule has 0 bridgehead atoms. The van der Waals surface area contributed by atoms with E-state index in [4.69, 9.17) is 5.11 Å². The number of anilines is 1. The number of nitrogens with one attached hydrogen (secondary N) is 1. The minimum atomic E-state index is -0.853. The van der Waals surface area contributed by atoms with E-state index in [1.54, 1.807) is 24.0 Å². The average molecular weight is 266 g/mol. The summed E-state index contributed by atoms with van der Waals surface area (Å²) in [5.41, 5.74) is 0.230. The van der Waals surface area contributed by atoms with Crippen LogP contribution in [0, 0.1) is 5.92 Å². The number of hydrogen-bond donors (Lipinski definition) is 2. The summed E-state index contributed by atoms with van der Waals surface area (Å²) in [4.78, 5) is 24.0. The van der Waals surface area contributed by atoms with Crippen molar-refractivity contribution in [1.29, 1.82) is 0 Å². The van der Waals surface area contributed by atoms with Gasteiger partial charge in [-0.1, -0.05) is 6.92 Å². The summed E-state index contributed by atoms with van der Waals surface area (Å²) < 4.78 is 0. The fourth-order valence-corrected chi connectivity index (χ4v) is 1.54. The van der Waals surface area contributed by atoms with Crippen molar-refractivity contribution in [2.24, 2.45) is 5.92 Å². The lowest BCUT2D eigenvalue weighted by atomic mass is 10.1. The number of amides is 1. The monoisotopic (exact) mass is 266 g/mol. The summed E-state index contributed by atoms with van der Waals surface area (Å²) in [6.45, 7) is 4.51. The predicted molar refractivity (Wildman–Crippen MR) is 70.1 cm³/mol. The van der Waals surface area contributed by atoms with Crippen LogP contribution in [0.15, 0.2) is 12.1 Å². The molecular weight excluding hydrogens is 248 g/mol. The van der Waals surface area contributed by atoms with E-state index < -0.39 is 11.9 Å². The van der Waals surface area contributed by atoms with Crippen LogP contribution in [0.1, 0.15) is 24.3 Å². The Kier molecular flexibility index (Phi) is 5.23. The number of nitrogens with zero attached hydrogens (tertiary/aromatic N) is 3. The zero-order valence-corrected chi connectivity index (χ0v) is 11.3. The van der Waals surface area contributed by atoms with Crippen molar-refractivity contribution in [2.45, 2.75) is 13.8 Å². The Balaban J connectivity index is 2.82. The van der Waals surface area contributed by atoms with Crippen molar-refractivity contribution in [1.82, 2.24) is 15.5 Å². The maximum atomic E-state index is 11.3. The number of aromatic nitrogens is 2. The van der Waals surface area contributed by atoms with Crippen LogP contribution in [0.5, 0.6) is 0 Å². The van der Waals surface area contributed by atoms with Gasteiger partial charge >= 0.3 is 5.97 Å². The van der Waals surface area contributed by atoms with Crippen LogP contribution in [0.25, 0.3) is 0 Å². The summed E-state index contributed by atoms with van der Waals surface area (Å²) in [7, 11) is 1.52. The Hall–Kier alpha value is -2.18. The molecule has 0 saturated carbocycles. The summed E-state index contributed by atoms with van der Waals surface area (Å²) in [6.07, 6.45) is 0. The minimum absolute atomic E-state index is 0.230. The molecule has 0 saturated heterocycles. The number of carboxylic acids is 1. The molecule has 7 nitrogen and oxygen atoms in total. The molecule has 7 heteroatoms. The Bertz CT molecular complexity index is 447. The SMILES string of the molecule is CCN(CC(C)C(=O)O)c1ccc(C(=O)NC)nn1. The molecule has 1 rings (SSSR count). The Morgan fingerprint density at radius 3 is 2.53 bits per heavy atom. The highest BCUT2D eigenvalue weighted by atomic mass is 16.4. The van der Waals surface area contributed by atoms with Crippen molar-refractivity contribution < 1.29 is 14.7 Å². The lowest BCUT2D eigenvalue weighted by Gasteiger charge is -2.23. The van der Waals surface area contributed by atoms with Gasteiger partial charge in [0.1, 0.15) is 0 Å². The third-order valence-corrected chi connectivity index (χ3v) is 2.73. The van der Waals surface area contributed by atoms with Gasteiger partial charge in [0.25, 0.3) is 5.91 Å². The molecule has 1 atom stereocenters. The van der Waals surface area contributed by atoms with E-state index in [9.17, 15) is 9.59 Å². The van der Waals surface area contributed by atoms with Crippen LogP contribution >= 0.6 is 0 Å². The molecule has 0 spiro atoms. The third-order valence-electron chi connectivity index (χ3n) is 2.73. The van der Waals surface area contributed by atoms with Gasteiger partial charge in [0, 0.05) is 20.1 Å². The van der Waals surface area contributed by atoms with Crippen LogP contribution < -0.4 is 10.2 Å². The van der Waals surface area contributed by atoms with Crippen LogP contribution in [-0.2, 0) is 4.79 Å². The third kappa shape index (κ3) is 3.90. The van der Waals surface area contributed by atoms with E-state index in [0.717, 1.165) is 0 Å². The molecule has 1 aromatic heterocycles. The standard InChI is InChI=1S/C12H18N4O3/c1-4-16(7-8(2)12(18)19)10-6-5-9(14-15-10)11(17)13-3/h5-6,8H,4,7H2,1-3H3,(H,13,17)(H,18,19). The van der Waals surface area contributed by atoms with Crippen LogP contribution in [0.4, 0.5) is 5.82 Å². The Labute approximate surface area is 111 Å². The first-order chi connectivity index (χ1) is 8.99. The van der Waals surface area contributed by atoms with Crippen molar-refractivity contribution in [2.75, 3.05) is 25.0 Å². The Morgan fingerprint density at radius 1 is 1.42 bits per heavy atom. The van der Waals surface area contributed by atoms with Gasteiger partial charge in [0.15, 0.2) is 11.5 Å². The molecule has 1 amide bonds. The molecule has 0 aliphatic rings. The second-order valence-corrected chi connectivity index (χ2v) is 4.13. The van der Waals surface area contributed by atoms with E-state index in [-0.39, 0.29) is 11.6 Å².